The summed E-state index contributed by atoms with van der Waals surface area (Å²) in [6.45, 7) is 0. The average molecular weight is 1100 g/mol. The van der Waals surface area contributed by atoms with E-state index in [-0.39, 0.29) is 0 Å². The molecule has 0 fully saturated rings. The summed E-state index contributed by atoms with van der Waals surface area (Å²) in [4.78, 5) is 0. The van der Waals surface area contributed by atoms with Gasteiger partial charge in [-0.25, -0.2) is 0 Å². The number of hydrogen-bond acceptors (Lipinski definition) is 4. The van der Waals surface area contributed by atoms with Crippen LogP contribution in [-0.2, 0) is 6.42 Å². The molecule has 0 radical (unpaired) electrons. The van der Waals surface area contributed by atoms with Gasteiger partial charge in [0, 0.05) is 54.2 Å². The highest BCUT2D eigenvalue weighted by molar-refractivity contribution is 6.28. The summed E-state index contributed by atoms with van der Waals surface area (Å²) < 4.78 is 26.9. The Hall–Kier alpha value is -11.2. The van der Waals surface area contributed by atoms with Gasteiger partial charge in [0.2, 0.25) is 0 Å². The molecule has 0 spiro atoms. The van der Waals surface area contributed by atoms with Gasteiger partial charge in [-0.1, -0.05) is 164 Å². The van der Waals surface area contributed by atoms with E-state index in [2.05, 4.69) is 255 Å². The third-order valence-electron chi connectivity index (χ3n) is 19.1. The van der Waals surface area contributed by atoms with Crippen LogP contribution in [0, 0.1) is 0 Å². The molecule has 4 heterocycles. The Morgan fingerprint density at radius 3 is 1.34 bits per heavy atom. The van der Waals surface area contributed by atoms with Gasteiger partial charge in [-0.15, -0.1) is 0 Å². The number of allylic oxidation sites excluding steroid dienone is 1. The first kappa shape index (κ1) is 46.3. The topological polar surface area (TPSA) is 52.6 Å². The van der Waals surface area contributed by atoms with Gasteiger partial charge in [0.15, 0.2) is 0 Å². The maximum absolute atomic E-state index is 7.10. The molecule has 19 aromatic rings. The fourth-order valence-electron chi connectivity index (χ4n) is 15.3. The Bertz CT molecular complexity index is 6160. The maximum Gasteiger partial charge on any atom is 0.143 e. The molecular formula is C82H46O4. The van der Waals surface area contributed by atoms with Crippen molar-refractivity contribution >= 4 is 158 Å². The summed E-state index contributed by atoms with van der Waals surface area (Å²) in [5.41, 5.74) is 16.8. The van der Waals surface area contributed by atoms with Crippen LogP contribution in [-0.4, -0.2) is 0 Å². The van der Waals surface area contributed by atoms with Gasteiger partial charge in [0.1, 0.15) is 44.8 Å². The minimum Gasteiger partial charge on any atom is -0.456 e. The minimum absolute atomic E-state index is 0.862. The Labute approximate surface area is 490 Å². The molecule has 86 heavy (non-hydrogen) atoms. The number of benzene rings is 15. The largest absolute Gasteiger partial charge is 0.456 e. The Morgan fingerprint density at radius 1 is 0.256 bits per heavy atom. The number of rotatable bonds is 4. The maximum atomic E-state index is 7.10. The number of furan rings is 4. The zero-order chi connectivity index (χ0) is 55.9. The van der Waals surface area contributed by atoms with E-state index in [1.165, 1.54) is 97.8 Å². The van der Waals surface area contributed by atoms with Crippen LogP contribution in [0.15, 0.2) is 266 Å². The van der Waals surface area contributed by atoms with Crippen LogP contribution in [0.4, 0.5) is 0 Å². The van der Waals surface area contributed by atoms with Crippen LogP contribution in [0.2, 0.25) is 0 Å². The molecule has 4 nitrogen and oxygen atoms in total. The van der Waals surface area contributed by atoms with E-state index in [4.69, 9.17) is 17.7 Å². The van der Waals surface area contributed by atoms with E-state index in [9.17, 15) is 0 Å². The van der Waals surface area contributed by atoms with Crippen molar-refractivity contribution in [1.29, 1.82) is 0 Å². The molecule has 0 unspecified atom stereocenters. The third kappa shape index (κ3) is 6.42. The molecule has 0 atom stereocenters. The van der Waals surface area contributed by atoms with E-state index in [0.29, 0.717) is 0 Å². The molecule has 0 saturated heterocycles. The number of aryl methyl sites for hydroxylation is 1. The number of hydrogen-bond donors (Lipinski definition) is 0. The van der Waals surface area contributed by atoms with E-state index in [0.717, 1.165) is 123 Å². The van der Waals surface area contributed by atoms with Crippen molar-refractivity contribution in [2.75, 3.05) is 0 Å². The van der Waals surface area contributed by atoms with Gasteiger partial charge in [0.05, 0.1) is 0 Å². The fraction of sp³-hybridized carbons (Fsp3) is 0.0244. The molecule has 398 valence electrons. The molecule has 4 aromatic heterocycles. The molecule has 0 amide bonds. The highest BCUT2D eigenvalue weighted by Gasteiger charge is 2.24. The van der Waals surface area contributed by atoms with Crippen LogP contribution < -0.4 is 0 Å². The summed E-state index contributed by atoms with van der Waals surface area (Å²) in [7, 11) is 0. The second-order valence-corrected chi connectivity index (χ2v) is 23.6. The Balaban J connectivity index is 0.675. The highest BCUT2D eigenvalue weighted by Crippen LogP contribution is 2.49. The lowest BCUT2D eigenvalue weighted by molar-refractivity contribution is 0.595. The van der Waals surface area contributed by atoms with Crippen molar-refractivity contribution in [1.82, 2.24) is 0 Å². The van der Waals surface area contributed by atoms with Crippen LogP contribution in [0.5, 0.6) is 0 Å². The lowest BCUT2D eigenvalue weighted by Gasteiger charge is -2.18. The summed E-state index contributed by atoms with van der Waals surface area (Å²) >= 11 is 0. The highest BCUT2D eigenvalue weighted by atomic mass is 16.3. The second-order valence-electron chi connectivity index (χ2n) is 23.6. The third-order valence-corrected chi connectivity index (χ3v) is 19.1. The molecule has 1 aliphatic rings. The summed E-state index contributed by atoms with van der Waals surface area (Å²) in [5, 5.41) is 24.5. The van der Waals surface area contributed by atoms with Crippen molar-refractivity contribution in [3.05, 3.63) is 260 Å². The van der Waals surface area contributed by atoms with Crippen LogP contribution >= 0.6 is 0 Å². The van der Waals surface area contributed by atoms with Crippen LogP contribution in [0.25, 0.3) is 203 Å². The van der Waals surface area contributed by atoms with Gasteiger partial charge in [-0.05, 0) is 213 Å². The van der Waals surface area contributed by atoms with Crippen molar-refractivity contribution in [2.24, 2.45) is 0 Å². The molecule has 1 aliphatic carbocycles. The smallest absolute Gasteiger partial charge is 0.143 e. The first-order valence-corrected chi connectivity index (χ1v) is 29.7. The second kappa shape index (κ2) is 17.2. The van der Waals surface area contributed by atoms with Crippen LogP contribution in [0.3, 0.4) is 0 Å². The van der Waals surface area contributed by atoms with Gasteiger partial charge in [0.25, 0.3) is 0 Å². The molecule has 15 aromatic carbocycles. The van der Waals surface area contributed by atoms with Gasteiger partial charge < -0.3 is 17.7 Å². The summed E-state index contributed by atoms with van der Waals surface area (Å²) in [5.74, 6) is 0.985. The molecule has 0 bridgehead atoms. The monoisotopic (exact) mass is 1090 g/mol. The molecule has 0 aliphatic heterocycles. The quantitative estimate of drug-likeness (QED) is 0.165. The van der Waals surface area contributed by atoms with Gasteiger partial charge >= 0.3 is 0 Å². The predicted molar refractivity (Wildman–Crippen MR) is 360 cm³/mol. The van der Waals surface area contributed by atoms with E-state index >= 15 is 0 Å². The van der Waals surface area contributed by atoms with Crippen molar-refractivity contribution in [3.8, 4) is 44.5 Å². The number of fused-ring (bicyclic) bond motifs is 23. The van der Waals surface area contributed by atoms with Gasteiger partial charge in [-0.3, -0.25) is 0 Å². The standard InChI is InChI=1S/C82H46O4/c1-3-14-53-47(12-1)42-48-13-2-4-15-54(48)75(53)51-28-30-68-73(43-51)85-72-39-36-64-62(80(68)72)32-33-65-63-22-11-21-55(81(63)86-82(64)65)49-26-24-46-41-50(27-25-45(46)40-49)76-56-16-5-7-18-58(56)77(59-19-8-6-17-57(59)76)52-29-31-67-74(44-52)84-71-38-35-60-61(79(67)71)34-37-70-78(60)66-20-9-10-23-69(66)83-70/h1-8,10-19,21-44H,9,20H2. The minimum atomic E-state index is 0.862. The Morgan fingerprint density at radius 2 is 0.698 bits per heavy atom. The summed E-state index contributed by atoms with van der Waals surface area (Å²) in [6.07, 6.45) is 6.35. The zero-order valence-corrected chi connectivity index (χ0v) is 46.3. The van der Waals surface area contributed by atoms with E-state index < -0.39 is 0 Å². The first-order chi connectivity index (χ1) is 42.6. The first-order valence-electron chi connectivity index (χ1n) is 29.7. The van der Waals surface area contributed by atoms with Gasteiger partial charge in [-0.2, -0.15) is 0 Å². The zero-order valence-electron chi connectivity index (χ0n) is 46.3. The normalized spacial score (nSPS) is 13.0. The fourth-order valence-corrected chi connectivity index (χ4v) is 15.3. The SMILES string of the molecule is C1=Cc2oc3ccc4c(ccc5oc6cc(-c7c8ccccc8c(-c8ccc9cc(-c%10cccc%11c%10oc%10c%11ccc%11c%10ccc%10oc%12cc(-c%13c%14ccccc%14cc%14ccccc%13%14)ccc%12c%10%11)ccc9c8)c8ccccc78)ccc6c54)c3c2CC1. The lowest BCUT2D eigenvalue weighted by atomic mass is 9.85. The number of para-hydroxylation sites is 1. The molecule has 20 rings (SSSR count). The van der Waals surface area contributed by atoms with E-state index in [1.54, 1.807) is 0 Å². The lowest BCUT2D eigenvalue weighted by Crippen LogP contribution is -1.91. The predicted octanol–water partition coefficient (Wildman–Crippen LogP) is 23.8. The molecule has 4 heteroatoms. The molecular weight excluding hydrogens is 1050 g/mol. The van der Waals surface area contributed by atoms with Crippen molar-refractivity contribution in [3.63, 3.8) is 0 Å². The average Bonchev–Trinajstić information content (AvgIpc) is 3.13. The van der Waals surface area contributed by atoms with Crippen LogP contribution in [0.1, 0.15) is 17.7 Å². The summed E-state index contributed by atoms with van der Waals surface area (Å²) in [6, 6.07) is 88.7. The van der Waals surface area contributed by atoms with E-state index in [1.807, 2.05) is 0 Å². The molecule has 0 N–H and O–H groups in total. The molecule has 0 saturated carbocycles. The van der Waals surface area contributed by atoms with Crippen molar-refractivity contribution in [2.45, 2.75) is 12.8 Å². The Kier molecular flexibility index (Phi) is 9.26. The van der Waals surface area contributed by atoms with Crippen molar-refractivity contribution < 1.29 is 17.7 Å².